The van der Waals surface area contributed by atoms with Gasteiger partial charge in [-0.15, -0.1) is 0 Å². The number of nitrogens with zero attached hydrogens (tertiary/aromatic N) is 1. The minimum Gasteiger partial charge on any atom is -0.468 e. The summed E-state index contributed by atoms with van der Waals surface area (Å²) >= 11 is 6.28. The number of hydrogen-bond acceptors (Lipinski definition) is 5. The minimum absolute atomic E-state index is 0.194. The fraction of sp³-hybridized carbons (Fsp3) is 0.381. The lowest BCUT2D eigenvalue weighted by atomic mass is 10.1. The molecular weight excluding hydrogens is 364 g/mol. The van der Waals surface area contributed by atoms with E-state index in [-0.39, 0.29) is 11.7 Å². The second-order valence-corrected chi connectivity index (χ2v) is 7.50. The van der Waals surface area contributed by atoms with Gasteiger partial charge in [-0.3, -0.25) is 4.90 Å². The van der Waals surface area contributed by atoms with E-state index < -0.39 is 0 Å². The highest BCUT2D eigenvalue weighted by molar-refractivity contribution is 6.32. The van der Waals surface area contributed by atoms with Gasteiger partial charge in [0.15, 0.2) is 0 Å². The van der Waals surface area contributed by atoms with Crippen LogP contribution in [0.4, 0.5) is 0 Å². The molecule has 1 atom stereocenters. The Hall–Kier alpha value is -2.08. The predicted octanol–water partition coefficient (Wildman–Crippen LogP) is 4.27. The van der Waals surface area contributed by atoms with Crippen LogP contribution in [0.2, 0.25) is 5.02 Å². The first-order valence-electron chi connectivity index (χ1n) is 9.33. The molecule has 2 aromatic heterocycles. The third kappa shape index (κ3) is 3.95. The van der Waals surface area contributed by atoms with Crippen LogP contribution in [0, 0.1) is 6.92 Å². The van der Waals surface area contributed by atoms with Crippen LogP contribution in [0.25, 0.3) is 11.0 Å². The molecule has 1 aliphatic rings. The molecule has 1 fully saturated rings. The monoisotopic (exact) mass is 386 g/mol. The lowest BCUT2D eigenvalue weighted by molar-refractivity contribution is 0.209. The van der Waals surface area contributed by atoms with E-state index in [1.165, 1.54) is 12.8 Å². The molecule has 4 rings (SSSR count). The van der Waals surface area contributed by atoms with Crippen LogP contribution in [0.3, 0.4) is 0 Å². The zero-order chi connectivity index (χ0) is 18.8. The molecule has 1 N–H and O–H groups in total. The second kappa shape index (κ2) is 7.89. The number of furan rings is 1. The molecule has 27 heavy (non-hydrogen) atoms. The van der Waals surface area contributed by atoms with E-state index in [4.69, 9.17) is 20.4 Å². The Balaban J connectivity index is 1.54. The number of rotatable bonds is 6. The molecule has 6 heteroatoms. The van der Waals surface area contributed by atoms with E-state index in [1.807, 2.05) is 31.2 Å². The summed E-state index contributed by atoms with van der Waals surface area (Å²) in [4.78, 5) is 14.4. The third-order valence-corrected chi connectivity index (χ3v) is 5.62. The summed E-state index contributed by atoms with van der Waals surface area (Å²) in [5, 5.41) is 5.03. The van der Waals surface area contributed by atoms with Crippen LogP contribution in [0.1, 0.15) is 35.8 Å². The third-order valence-electron chi connectivity index (χ3n) is 5.22. The SMILES string of the molecule is Cc1cc2oc(=O)cc(CNC[C@H](c3ccco3)N3CCCC3)c2cc1Cl. The summed E-state index contributed by atoms with van der Waals surface area (Å²) in [5.74, 6) is 0.973. The van der Waals surface area contributed by atoms with Crippen molar-refractivity contribution in [3.63, 3.8) is 0 Å². The standard InChI is InChI=1S/C21H23ClN2O3/c1-14-9-20-16(11-17(14)22)15(10-21(25)27-20)12-23-13-18(19-5-4-8-26-19)24-6-2-3-7-24/h4-5,8-11,18,23H,2-3,6-7,12-13H2,1H3/t18-/m1/s1. The Kier molecular flexibility index (Phi) is 5.34. The van der Waals surface area contributed by atoms with Crippen LogP contribution in [-0.2, 0) is 6.54 Å². The van der Waals surface area contributed by atoms with Crippen molar-refractivity contribution in [1.82, 2.24) is 10.2 Å². The van der Waals surface area contributed by atoms with Gasteiger partial charge in [0.05, 0.1) is 12.3 Å². The summed E-state index contributed by atoms with van der Waals surface area (Å²) in [6.07, 6.45) is 4.16. The quantitative estimate of drug-likeness (QED) is 0.641. The van der Waals surface area contributed by atoms with Gasteiger partial charge < -0.3 is 14.2 Å². The molecule has 0 saturated carbocycles. The molecule has 1 saturated heterocycles. The Morgan fingerprint density at radius 1 is 1.26 bits per heavy atom. The summed E-state index contributed by atoms with van der Waals surface area (Å²) < 4.78 is 11.0. The van der Waals surface area contributed by atoms with Gasteiger partial charge in [0.25, 0.3) is 0 Å². The Labute approximate surface area is 162 Å². The molecule has 0 unspecified atom stereocenters. The maximum atomic E-state index is 11.9. The fourth-order valence-electron chi connectivity index (χ4n) is 3.78. The minimum atomic E-state index is -0.344. The molecule has 3 heterocycles. The summed E-state index contributed by atoms with van der Waals surface area (Å²) in [6, 6.07) is 9.38. The van der Waals surface area contributed by atoms with Crippen molar-refractivity contribution in [2.75, 3.05) is 19.6 Å². The topological polar surface area (TPSA) is 58.6 Å². The zero-order valence-corrected chi connectivity index (χ0v) is 16.1. The molecule has 142 valence electrons. The molecule has 1 aliphatic heterocycles. The molecule has 0 radical (unpaired) electrons. The second-order valence-electron chi connectivity index (χ2n) is 7.09. The normalized spacial score (nSPS) is 16.2. The molecule has 5 nitrogen and oxygen atoms in total. The molecule has 3 aromatic rings. The van der Waals surface area contributed by atoms with Crippen molar-refractivity contribution in [2.24, 2.45) is 0 Å². The summed E-state index contributed by atoms with van der Waals surface area (Å²) in [5.41, 5.74) is 2.01. The highest BCUT2D eigenvalue weighted by Crippen LogP contribution is 2.27. The molecule has 0 aliphatic carbocycles. The summed E-state index contributed by atoms with van der Waals surface area (Å²) in [6.45, 7) is 5.37. The number of nitrogens with one attached hydrogen (secondary N) is 1. The van der Waals surface area contributed by atoms with Crippen molar-refractivity contribution in [3.8, 4) is 0 Å². The van der Waals surface area contributed by atoms with Gasteiger partial charge in [-0.25, -0.2) is 4.79 Å². The first-order valence-corrected chi connectivity index (χ1v) is 9.70. The van der Waals surface area contributed by atoms with Crippen LogP contribution < -0.4 is 10.9 Å². The maximum absolute atomic E-state index is 11.9. The van der Waals surface area contributed by atoms with Gasteiger partial charge in [0.1, 0.15) is 11.3 Å². The first-order chi connectivity index (χ1) is 13.1. The summed E-state index contributed by atoms with van der Waals surface area (Å²) in [7, 11) is 0. The Morgan fingerprint density at radius 2 is 2.07 bits per heavy atom. The average molecular weight is 387 g/mol. The average Bonchev–Trinajstić information content (AvgIpc) is 3.34. The number of benzene rings is 1. The fourth-order valence-corrected chi connectivity index (χ4v) is 3.95. The lowest BCUT2D eigenvalue weighted by Crippen LogP contribution is -2.33. The molecular formula is C21H23ClN2O3. The van der Waals surface area contributed by atoms with Crippen molar-refractivity contribution in [2.45, 2.75) is 32.4 Å². The zero-order valence-electron chi connectivity index (χ0n) is 15.3. The van der Waals surface area contributed by atoms with Crippen molar-refractivity contribution in [3.05, 3.63) is 68.9 Å². The van der Waals surface area contributed by atoms with Crippen LogP contribution in [0.15, 0.2) is 50.2 Å². The number of halogens is 1. The molecule has 1 aromatic carbocycles. The van der Waals surface area contributed by atoms with E-state index in [2.05, 4.69) is 10.2 Å². The smallest absolute Gasteiger partial charge is 0.336 e. The van der Waals surface area contributed by atoms with Crippen molar-refractivity contribution < 1.29 is 8.83 Å². The van der Waals surface area contributed by atoms with Crippen LogP contribution >= 0.6 is 11.6 Å². The van der Waals surface area contributed by atoms with Gasteiger partial charge in [-0.1, -0.05) is 11.6 Å². The Bertz CT molecular complexity index is 975. The first kappa shape index (κ1) is 18.3. The van der Waals surface area contributed by atoms with E-state index in [0.29, 0.717) is 17.2 Å². The van der Waals surface area contributed by atoms with Gasteiger partial charge in [0, 0.05) is 29.6 Å². The van der Waals surface area contributed by atoms with Gasteiger partial charge in [0.2, 0.25) is 0 Å². The Morgan fingerprint density at radius 3 is 2.81 bits per heavy atom. The van der Waals surface area contributed by atoms with E-state index in [0.717, 1.165) is 41.9 Å². The van der Waals surface area contributed by atoms with Gasteiger partial charge in [-0.2, -0.15) is 0 Å². The van der Waals surface area contributed by atoms with Crippen LogP contribution in [0.5, 0.6) is 0 Å². The number of hydrogen-bond donors (Lipinski definition) is 1. The number of fused-ring (bicyclic) bond motifs is 1. The highest BCUT2D eigenvalue weighted by Gasteiger charge is 2.25. The van der Waals surface area contributed by atoms with E-state index in [1.54, 1.807) is 12.3 Å². The number of likely N-dealkylation sites (tertiary alicyclic amines) is 1. The molecule has 0 bridgehead atoms. The van der Waals surface area contributed by atoms with Gasteiger partial charge in [-0.05, 0) is 68.2 Å². The van der Waals surface area contributed by atoms with Gasteiger partial charge >= 0.3 is 5.63 Å². The largest absolute Gasteiger partial charge is 0.468 e. The molecule has 0 spiro atoms. The van der Waals surface area contributed by atoms with Crippen molar-refractivity contribution in [1.29, 1.82) is 0 Å². The number of aryl methyl sites for hydroxylation is 1. The predicted molar refractivity (Wildman–Crippen MR) is 106 cm³/mol. The van der Waals surface area contributed by atoms with Crippen molar-refractivity contribution >= 4 is 22.6 Å². The highest BCUT2D eigenvalue weighted by atomic mass is 35.5. The lowest BCUT2D eigenvalue weighted by Gasteiger charge is -2.26. The molecule has 0 amide bonds. The van der Waals surface area contributed by atoms with E-state index >= 15 is 0 Å². The van der Waals surface area contributed by atoms with E-state index in [9.17, 15) is 4.79 Å². The van der Waals surface area contributed by atoms with Crippen LogP contribution in [-0.4, -0.2) is 24.5 Å². The maximum Gasteiger partial charge on any atom is 0.336 e.